The fourth-order valence-electron chi connectivity index (χ4n) is 2.90. The molecule has 148 valence electrons. The van der Waals surface area contributed by atoms with Gasteiger partial charge in [0.1, 0.15) is 10.8 Å². The smallest absolute Gasteiger partial charge is 0.258 e. The van der Waals surface area contributed by atoms with Gasteiger partial charge in [-0.05, 0) is 41.5 Å². The molecule has 5 nitrogen and oxygen atoms in total. The lowest BCUT2D eigenvalue weighted by atomic mass is 10.0. The van der Waals surface area contributed by atoms with E-state index in [0.717, 1.165) is 27.4 Å². The van der Waals surface area contributed by atoms with E-state index in [1.165, 1.54) is 11.3 Å². The van der Waals surface area contributed by atoms with Crippen molar-refractivity contribution in [1.82, 2.24) is 10.2 Å². The third-order valence-electron chi connectivity index (χ3n) is 4.42. The second-order valence-electron chi connectivity index (χ2n) is 6.43. The lowest BCUT2D eigenvalue weighted by Crippen LogP contribution is -2.13. The maximum Gasteiger partial charge on any atom is 0.258 e. The van der Waals surface area contributed by atoms with Crippen molar-refractivity contribution in [2.45, 2.75) is 0 Å². The number of hydrogen-bond acceptors (Lipinski definition) is 5. The van der Waals surface area contributed by atoms with Gasteiger partial charge in [0.05, 0.1) is 7.11 Å². The van der Waals surface area contributed by atoms with Gasteiger partial charge in [0.2, 0.25) is 5.13 Å². The minimum Gasteiger partial charge on any atom is -0.497 e. The summed E-state index contributed by atoms with van der Waals surface area (Å²) >= 11 is 1.32. The summed E-state index contributed by atoms with van der Waals surface area (Å²) in [6.07, 6.45) is 1.87. The van der Waals surface area contributed by atoms with Gasteiger partial charge < -0.3 is 4.74 Å². The van der Waals surface area contributed by atoms with E-state index in [9.17, 15) is 4.79 Å². The van der Waals surface area contributed by atoms with Crippen LogP contribution in [0.4, 0.5) is 5.13 Å². The van der Waals surface area contributed by atoms with E-state index >= 15 is 0 Å². The monoisotopic (exact) mass is 413 g/mol. The minimum absolute atomic E-state index is 0.234. The third-order valence-corrected chi connectivity index (χ3v) is 5.31. The lowest BCUT2D eigenvalue weighted by molar-refractivity contribution is -0.111. The standard InChI is InChI=1S/C24H19N3O2S/c1-29-20-14-12-19(13-15-20)23-26-27-24(30-23)25-22(28)21(18-10-6-3-7-11-18)16-17-8-4-2-5-9-17/h2-16H,1H3,(H,25,27,28)/b21-16+. The summed E-state index contributed by atoms with van der Waals surface area (Å²) in [4.78, 5) is 13.1. The predicted molar refractivity (Wildman–Crippen MR) is 121 cm³/mol. The van der Waals surface area contributed by atoms with Crippen LogP contribution in [0.3, 0.4) is 0 Å². The van der Waals surface area contributed by atoms with Gasteiger partial charge in [0, 0.05) is 11.1 Å². The Morgan fingerprint density at radius 3 is 2.23 bits per heavy atom. The minimum atomic E-state index is -0.234. The van der Waals surface area contributed by atoms with Gasteiger partial charge in [0.25, 0.3) is 5.91 Å². The number of benzene rings is 3. The van der Waals surface area contributed by atoms with E-state index in [1.54, 1.807) is 7.11 Å². The van der Waals surface area contributed by atoms with Crippen LogP contribution in [0.25, 0.3) is 22.2 Å². The van der Waals surface area contributed by atoms with Crippen molar-refractivity contribution < 1.29 is 9.53 Å². The van der Waals surface area contributed by atoms with Gasteiger partial charge in [-0.3, -0.25) is 10.1 Å². The zero-order chi connectivity index (χ0) is 20.8. The number of hydrogen-bond donors (Lipinski definition) is 1. The van der Waals surface area contributed by atoms with E-state index in [0.29, 0.717) is 10.7 Å². The van der Waals surface area contributed by atoms with Crippen molar-refractivity contribution in [2.24, 2.45) is 0 Å². The summed E-state index contributed by atoms with van der Waals surface area (Å²) < 4.78 is 5.18. The second kappa shape index (κ2) is 9.15. The third kappa shape index (κ3) is 4.61. The van der Waals surface area contributed by atoms with Crippen LogP contribution in [-0.4, -0.2) is 23.2 Å². The number of ether oxygens (including phenoxy) is 1. The fraction of sp³-hybridized carbons (Fsp3) is 0.0417. The highest BCUT2D eigenvalue weighted by atomic mass is 32.1. The second-order valence-corrected chi connectivity index (χ2v) is 7.41. The van der Waals surface area contributed by atoms with E-state index in [4.69, 9.17) is 4.74 Å². The van der Waals surface area contributed by atoms with E-state index in [2.05, 4.69) is 15.5 Å². The van der Waals surface area contributed by atoms with Gasteiger partial charge in [-0.1, -0.05) is 72.0 Å². The molecule has 0 aliphatic heterocycles. The Bertz CT molecular complexity index is 1150. The Labute approximate surface area is 178 Å². The molecule has 0 spiro atoms. The Hall–Kier alpha value is -3.77. The van der Waals surface area contributed by atoms with Crippen molar-refractivity contribution in [3.8, 4) is 16.3 Å². The largest absolute Gasteiger partial charge is 0.497 e. The van der Waals surface area contributed by atoms with Crippen LogP contribution in [0.1, 0.15) is 11.1 Å². The van der Waals surface area contributed by atoms with Crippen molar-refractivity contribution in [3.05, 3.63) is 96.1 Å². The number of nitrogens with one attached hydrogen (secondary N) is 1. The van der Waals surface area contributed by atoms with Crippen LogP contribution in [0.5, 0.6) is 5.75 Å². The molecule has 6 heteroatoms. The van der Waals surface area contributed by atoms with E-state index < -0.39 is 0 Å². The van der Waals surface area contributed by atoms with Gasteiger partial charge in [-0.25, -0.2) is 0 Å². The highest BCUT2D eigenvalue weighted by Crippen LogP contribution is 2.29. The van der Waals surface area contributed by atoms with Crippen LogP contribution in [-0.2, 0) is 4.79 Å². The maximum atomic E-state index is 13.1. The van der Waals surface area contributed by atoms with Crippen LogP contribution in [0.2, 0.25) is 0 Å². The molecule has 1 N–H and O–H groups in total. The number of carbonyl (C=O) groups excluding carboxylic acids is 1. The summed E-state index contributed by atoms with van der Waals surface area (Å²) in [7, 11) is 1.63. The fourth-order valence-corrected chi connectivity index (χ4v) is 3.65. The van der Waals surface area contributed by atoms with Gasteiger partial charge in [0.15, 0.2) is 0 Å². The predicted octanol–water partition coefficient (Wildman–Crippen LogP) is 5.39. The topological polar surface area (TPSA) is 64.1 Å². The van der Waals surface area contributed by atoms with Gasteiger partial charge >= 0.3 is 0 Å². The molecule has 1 aromatic heterocycles. The molecule has 0 atom stereocenters. The first-order chi connectivity index (χ1) is 14.7. The molecular weight excluding hydrogens is 394 g/mol. The molecule has 0 bridgehead atoms. The van der Waals surface area contributed by atoms with Crippen LogP contribution < -0.4 is 10.1 Å². The Kier molecular flexibility index (Phi) is 5.96. The Balaban J connectivity index is 1.59. The van der Waals surface area contributed by atoms with Crippen LogP contribution >= 0.6 is 11.3 Å². The van der Waals surface area contributed by atoms with E-state index in [1.807, 2.05) is 91.0 Å². The molecule has 0 saturated heterocycles. The molecule has 0 aliphatic carbocycles. The lowest BCUT2D eigenvalue weighted by Gasteiger charge is -2.07. The number of anilines is 1. The number of carbonyl (C=O) groups is 1. The molecule has 0 unspecified atom stereocenters. The molecule has 1 heterocycles. The first-order valence-electron chi connectivity index (χ1n) is 9.34. The number of nitrogens with zero attached hydrogens (tertiary/aromatic N) is 2. The molecule has 4 rings (SSSR count). The van der Waals surface area contributed by atoms with Gasteiger partial charge in [-0.15, -0.1) is 10.2 Å². The average molecular weight is 414 g/mol. The summed E-state index contributed by atoms with van der Waals surface area (Å²) in [6.45, 7) is 0. The maximum absolute atomic E-state index is 13.1. The van der Waals surface area contributed by atoms with Gasteiger partial charge in [-0.2, -0.15) is 0 Å². The van der Waals surface area contributed by atoms with Crippen molar-refractivity contribution in [2.75, 3.05) is 12.4 Å². The Morgan fingerprint density at radius 1 is 0.900 bits per heavy atom. The highest BCUT2D eigenvalue weighted by molar-refractivity contribution is 7.18. The normalized spacial score (nSPS) is 11.2. The SMILES string of the molecule is COc1ccc(-c2nnc(NC(=O)/C(=C/c3ccccc3)c3ccccc3)s2)cc1. The highest BCUT2D eigenvalue weighted by Gasteiger charge is 2.15. The van der Waals surface area contributed by atoms with Crippen LogP contribution in [0.15, 0.2) is 84.9 Å². The Morgan fingerprint density at radius 2 is 1.57 bits per heavy atom. The number of rotatable bonds is 6. The summed E-state index contributed by atoms with van der Waals surface area (Å²) in [5, 5.41) is 12.4. The number of amides is 1. The average Bonchev–Trinajstić information content (AvgIpc) is 3.27. The quantitative estimate of drug-likeness (QED) is 0.340. The van der Waals surface area contributed by atoms with Crippen molar-refractivity contribution >= 4 is 34.0 Å². The zero-order valence-electron chi connectivity index (χ0n) is 16.3. The number of methoxy groups -OCH3 is 1. The van der Waals surface area contributed by atoms with Crippen LogP contribution in [0, 0.1) is 0 Å². The van der Waals surface area contributed by atoms with Crippen molar-refractivity contribution in [3.63, 3.8) is 0 Å². The molecule has 4 aromatic rings. The van der Waals surface area contributed by atoms with Crippen molar-refractivity contribution in [1.29, 1.82) is 0 Å². The zero-order valence-corrected chi connectivity index (χ0v) is 17.1. The molecule has 30 heavy (non-hydrogen) atoms. The molecule has 0 saturated carbocycles. The number of aromatic nitrogens is 2. The van der Waals surface area contributed by atoms with E-state index in [-0.39, 0.29) is 5.91 Å². The first-order valence-corrected chi connectivity index (χ1v) is 10.2. The first kappa shape index (κ1) is 19.5. The summed E-state index contributed by atoms with van der Waals surface area (Å²) in [6, 6.07) is 26.9. The molecular formula is C24H19N3O2S. The summed E-state index contributed by atoms with van der Waals surface area (Å²) in [5.41, 5.74) is 3.25. The molecule has 0 aliphatic rings. The molecule has 0 fully saturated rings. The molecule has 1 amide bonds. The molecule has 0 radical (unpaired) electrons. The summed E-state index contributed by atoms with van der Waals surface area (Å²) in [5.74, 6) is 0.540. The molecule has 3 aromatic carbocycles.